The minimum atomic E-state index is -0.234. The van der Waals surface area contributed by atoms with Gasteiger partial charge in [0.15, 0.2) is 0 Å². The summed E-state index contributed by atoms with van der Waals surface area (Å²) in [5.74, 6) is 0. The van der Waals surface area contributed by atoms with Crippen LogP contribution < -0.4 is 11.1 Å². The molecule has 5 heterocycles. The lowest BCUT2D eigenvalue weighted by Crippen LogP contribution is -2.26. The van der Waals surface area contributed by atoms with E-state index in [2.05, 4.69) is 253 Å². The summed E-state index contributed by atoms with van der Waals surface area (Å²) in [5, 5.41) is 4.16. The van der Waals surface area contributed by atoms with Crippen LogP contribution in [0, 0.1) is 0 Å². The first-order valence-electron chi connectivity index (χ1n) is 29.8. The highest BCUT2D eigenvalue weighted by Gasteiger charge is 2.47. The number of benzene rings is 7. The predicted octanol–water partition coefficient (Wildman–Crippen LogP) is 17.2. The maximum absolute atomic E-state index is 13.8. The summed E-state index contributed by atoms with van der Waals surface area (Å²) in [5.41, 5.74) is 20.8. The van der Waals surface area contributed by atoms with E-state index in [0.29, 0.717) is 0 Å². The van der Waals surface area contributed by atoms with Crippen molar-refractivity contribution in [2.24, 2.45) is 0 Å². The molecule has 2 aliphatic carbocycles. The highest BCUT2D eigenvalue weighted by Crippen LogP contribution is 2.49. The first-order chi connectivity index (χ1) is 40.4. The standard InChI is InChI=1S/C77H69N5O2/c1-74(2)46-76(5,6)68-66(74)72(83)79-70-63-32-22-48(41-58(63)35-38-81(68)70)18-20-50-40-51(21-19-49-23-33-64-59(42-49)36-39-82-69-67(73(84)80-71(64)82)75(3,4)47-77(69,7)8)44-60(43-50)62-17-13-12-16-61(62)55-28-30-56(31-29-55)65-45-57(34-37-78-65)54-26-24-53(25-27-54)52-14-10-9-11-15-52/h9-17,22-45H,18-21,46-47H2,1-8H3. The lowest BCUT2D eigenvalue weighted by molar-refractivity contribution is 0.397. The fraction of sp³-hybridized carbons (Fsp3) is 0.234. The van der Waals surface area contributed by atoms with Crippen molar-refractivity contribution in [3.63, 3.8) is 0 Å². The Kier molecular flexibility index (Phi) is 12.5. The summed E-state index contributed by atoms with van der Waals surface area (Å²) in [6.07, 6.45) is 11.4. The van der Waals surface area contributed by atoms with Crippen molar-refractivity contribution < 1.29 is 0 Å². The number of nitrogens with zero attached hydrogens (tertiary/aromatic N) is 5. The lowest BCUT2D eigenvalue weighted by atomic mass is 9.82. The van der Waals surface area contributed by atoms with Gasteiger partial charge in [-0.25, -0.2) is 0 Å². The molecule has 0 saturated heterocycles. The van der Waals surface area contributed by atoms with Crippen LogP contribution in [0.2, 0.25) is 0 Å². The third kappa shape index (κ3) is 9.25. The molecule has 0 radical (unpaired) electrons. The predicted molar refractivity (Wildman–Crippen MR) is 346 cm³/mol. The topological polar surface area (TPSA) is 81.6 Å². The van der Waals surface area contributed by atoms with E-state index in [9.17, 15) is 9.59 Å². The molecule has 7 heteroatoms. The zero-order valence-corrected chi connectivity index (χ0v) is 49.3. The molecule has 0 fully saturated rings. The third-order valence-corrected chi connectivity index (χ3v) is 18.5. The molecule has 7 nitrogen and oxygen atoms in total. The molecule has 84 heavy (non-hydrogen) atoms. The Morgan fingerprint density at radius 1 is 0.381 bits per heavy atom. The molecule has 14 rings (SSSR count). The number of rotatable bonds is 11. The van der Waals surface area contributed by atoms with Gasteiger partial charge in [0.05, 0.1) is 5.69 Å². The summed E-state index contributed by atoms with van der Waals surface area (Å²) in [7, 11) is 0. The summed E-state index contributed by atoms with van der Waals surface area (Å²) in [6.45, 7) is 17.7. The van der Waals surface area contributed by atoms with E-state index in [1.807, 2.05) is 12.3 Å². The second-order valence-electron chi connectivity index (χ2n) is 26.6. The van der Waals surface area contributed by atoms with Crippen molar-refractivity contribution in [3.05, 3.63) is 266 Å². The van der Waals surface area contributed by atoms with Gasteiger partial charge in [-0.2, -0.15) is 9.97 Å². The number of fused-ring (bicyclic) bond motifs is 10. The SMILES string of the molecule is CC1(C)CC(C)(C)c2c1c(=O)nc1c3ccc(CCc4cc(CCc5ccc6c(ccn7c8c(c(=O)nc67)C(C)(C)CC8(C)C)c5)cc(-c5ccccc5-c5ccc(-c6cc(-c7ccc(-c8ccccc8)cc7)ccn6)cc5)c4)cc3ccn21. The van der Waals surface area contributed by atoms with Crippen molar-refractivity contribution in [2.75, 3.05) is 0 Å². The van der Waals surface area contributed by atoms with Crippen LogP contribution in [0.4, 0.5) is 0 Å². The van der Waals surface area contributed by atoms with Crippen molar-refractivity contribution in [2.45, 2.75) is 116 Å². The summed E-state index contributed by atoms with van der Waals surface area (Å²) < 4.78 is 4.36. The second kappa shape index (κ2) is 19.8. The maximum Gasteiger partial charge on any atom is 0.277 e. The Bertz CT molecular complexity index is 4560. The first-order valence-corrected chi connectivity index (χ1v) is 29.8. The van der Waals surface area contributed by atoms with Crippen molar-refractivity contribution in [1.29, 1.82) is 0 Å². The first kappa shape index (κ1) is 53.0. The zero-order valence-electron chi connectivity index (χ0n) is 49.3. The number of pyridine rings is 3. The number of hydrogen-bond acceptors (Lipinski definition) is 5. The van der Waals surface area contributed by atoms with Crippen LogP contribution in [0.1, 0.15) is 113 Å². The number of hydrogen-bond donors (Lipinski definition) is 0. The van der Waals surface area contributed by atoms with E-state index in [0.717, 1.165) is 122 Å². The van der Waals surface area contributed by atoms with Gasteiger partial charge in [-0.3, -0.25) is 14.6 Å². The van der Waals surface area contributed by atoms with E-state index in [4.69, 9.17) is 15.0 Å². The van der Waals surface area contributed by atoms with Crippen LogP contribution in [0.5, 0.6) is 0 Å². The summed E-state index contributed by atoms with van der Waals surface area (Å²) >= 11 is 0. The fourth-order valence-corrected chi connectivity index (χ4v) is 15.2. The Labute approximate surface area is 491 Å². The molecule has 5 aromatic heterocycles. The average Bonchev–Trinajstić information content (AvgIpc) is 1.68. The molecule has 0 bridgehead atoms. The number of aryl methyl sites for hydroxylation is 4. The van der Waals surface area contributed by atoms with Gasteiger partial charge in [0.25, 0.3) is 11.1 Å². The molecule has 0 atom stereocenters. The molecule has 2 aliphatic rings. The highest BCUT2D eigenvalue weighted by atomic mass is 16.1. The van der Waals surface area contributed by atoms with Crippen molar-refractivity contribution in [3.8, 4) is 55.8 Å². The van der Waals surface area contributed by atoms with Crippen LogP contribution in [0.25, 0.3) is 88.6 Å². The Hall–Kier alpha value is -9.07. The van der Waals surface area contributed by atoms with Crippen LogP contribution in [-0.2, 0) is 47.3 Å². The van der Waals surface area contributed by atoms with Crippen molar-refractivity contribution >= 4 is 32.8 Å². The molecule has 0 spiro atoms. The van der Waals surface area contributed by atoms with Crippen LogP contribution >= 0.6 is 0 Å². The van der Waals surface area contributed by atoms with Gasteiger partial charge in [0, 0.05) is 68.3 Å². The van der Waals surface area contributed by atoms with Crippen LogP contribution in [-0.4, -0.2) is 23.8 Å². The maximum atomic E-state index is 13.8. The van der Waals surface area contributed by atoms with Gasteiger partial charge in [-0.1, -0.05) is 213 Å². The minimum absolute atomic E-state index is 0.104. The second-order valence-corrected chi connectivity index (χ2v) is 26.6. The summed E-state index contributed by atoms with van der Waals surface area (Å²) in [6, 6.07) is 66.1. The smallest absolute Gasteiger partial charge is 0.277 e. The molecule has 12 aromatic rings. The monoisotopic (exact) mass is 1100 g/mol. The molecule has 414 valence electrons. The van der Waals surface area contributed by atoms with E-state index >= 15 is 0 Å². The van der Waals surface area contributed by atoms with Gasteiger partial charge < -0.3 is 8.80 Å². The molecule has 0 saturated carbocycles. The molecule has 0 N–H and O–H groups in total. The van der Waals surface area contributed by atoms with E-state index in [-0.39, 0.29) is 32.8 Å². The normalized spacial score (nSPS) is 15.5. The molecular formula is C77H69N5O2. The van der Waals surface area contributed by atoms with Crippen molar-refractivity contribution in [1.82, 2.24) is 23.8 Å². The molecular weight excluding hydrogens is 1030 g/mol. The van der Waals surface area contributed by atoms with Gasteiger partial charge in [-0.05, 0) is 151 Å². The van der Waals surface area contributed by atoms with E-state index < -0.39 is 0 Å². The van der Waals surface area contributed by atoms with Gasteiger partial charge >= 0.3 is 0 Å². The Balaban J connectivity index is 0.781. The Morgan fingerprint density at radius 3 is 1.35 bits per heavy atom. The van der Waals surface area contributed by atoms with Gasteiger partial charge in [-0.15, -0.1) is 0 Å². The van der Waals surface area contributed by atoms with Crippen LogP contribution in [0.15, 0.2) is 210 Å². The quantitative estimate of drug-likeness (QED) is 0.121. The van der Waals surface area contributed by atoms with Gasteiger partial charge in [0.1, 0.15) is 11.3 Å². The molecule has 0 unspecified atom stereocenters. The minimum Gasteiger partial charge on any atom is -0.304 e. The third-order valence-electron chi connectivity index (χ3n) is 18.5. The molecule has 0 aliphatic heterocycles. The summed E-state index contributed by atoms with van der Waals surface area (Å²) in [4.78, 5) is 41.9. The van der Waals surface area contributed by atoms with Gasteiger partial charge in [0.2, 0.25) is 0 Å². The highest BCUT2D eigenvalue weighted by molar-refractivity contribution is 5.95. The molecule has 7 aromatic carbocycles. The van der Waals surface area contributed by atoms with Crippen LogP contribution in [0.3, 0.4) is 0 Å². The zero-order chi connectivity index (χ0) is 57.9. The fourth-order valence-electron chi connectivity index (χ4n) is 15.2. The Morgan fingerprint density at radius 2 is 0.821 bits per heavy atom. The van der Waals surface area contributed by atoms with E-state index in [1.54, 1.807) is 0 Å². The largest absolute Gasteiger partial charge is 0.304 e. The average molecular weight is 1100 g/mol. The lowest BCUT2D eigenvalue weighted by Gasteiger charge is -2.22. The molecule has 0 amide bonds. The number of aromatic nitrogens is 5. The van der Waals surface area contributed by atoms with E-state index in [1.165, 1.54) is 50.1 Å².